The van der Waals surface area contributed by atoms with Crippen molar-refractivity contribution in [2.75, 3.05) is 0 Å². The summed E-state index contributed by atoms with van der Waals surface area (Å²) in [5.41, 5.74) is 2.40. The number of benzene rings is 1. The largest absolute Gasteiger partial charge is 0.437 e. The summed E-state index contributed by atoms with van der Waals surface area (Å²) >= 11 is 5.71. The monoisotopic (exact) mass is 234 g/mol. The first-order valence-electron chi connectivity index (χ1n) is 4.88. The Morgan fingerprint density at radius 3 is 2.62 bits per heavy atom. The van der Waals surface area contributed by atoms with Gasteiger partial charge >= 0.3 is 0 Å². The molecule has 0 fully saturated rings. The topological polar surface area (TPSA) is 35.0 Å². The number of ether oxygens (including phenoxy) is 1. The predicted octanol–water partition coefficient (Wildman–Crippen LogP) is 3.54. The van der Waals surface area contributed by atoms with E-state index in [1.807, 2.05) is 25.1 Å². The molecule has 0 bridgehead atoms. The minimum atomic E-state index is 0.321. The Balaban J connectivity index is 2.24. The van der Waals surface area contributed by atoms with Crippen LogP contribution >= 0.6 is 11.6 Å². The van der Waals surface area contributed by atoms with E-state index in [9.17, 15) is 0 Å². The molecule has 0 aliphatic heterocycles. The number of aromatic nitrogens is 2. The molecule has 0 saturated carbocycles. The summed E-state index contributed by atoms with van der Waals surface area (Å²) in [4.78, 5) is 7.90. The molecule has 0 N–H and O–H groups in total. The Morgan fingerprint density at radius 2 is 1.94 bits per heavy atom. The van der Waals surface area contributed by atoms with E-state index in [-0.39, 0.29) is 0 Å². The van der Waals surface area contributed by atoms with Crippen LogP contribution in [0.1, 0.15) is 11.1 Å². The molecule has 16 heavy (non-hydrogen) atoms. The van der Waals surface area contributed by atoms with Crippen LogP contribution in [0.3, 0.4) is 0 Å². The van der Waals surface area contributed by atoms with Crippen molar-refractivity contribution >= 4 is 11.6 Å². The van der Waals surface area contributed by atoms with Crippen molar-refractivity contribution in [3.8, 4) is 11.6 Å². The molecule has 82 valence electrons. The van der Waals surface area contributed by atoms with Crippen LogP contribution in [-0.2, 0) is 0 Å². The first kappa shape index (κ1) is 10.9. The SMILES string of the molecule is Cc1ccc(Oc2cncc(Cl)n2)cc1C. The van der Waals surface area contributed by atoms with Gasteiger partial charge in [0, 0.05) is 0 Å². The summed E-state index contributed by atoms with van der Waals surface area (Å²) in [5, 5.41) is 0.321. The van der Waals surface area contributed by atoms with E-state index < -0.39 is 0 Å². The van der Waals surface area contributed by atoms with Gasteiger partial charge in [0.15, 0.2) is 5.15 Å². The second-order valence-electron chi connectivity index (χ2n) is 3.53. The summed E-state index contributed by atoms with van der Waals surface area (Å²) in [5.74, 6) is 1.13. The molecule has 0 aliphatic carbocycles. The van der Waals surface area contributed by atoms with Crippen LogP contribution in [0, 0.1) is 13.8 Å². The highest BCUT2D eigenvalue weighted by molar-refractivity contribution is 6.29. The molecular formula is C12H11ClN2O. The highest BCUT2D eigenvalue weighted by Crippen LogP contribution is 2.22. The molecule has 0 amide bonds. The molecule has 1 heterocycles. The van der Waals surface area contributed by atoms with Crippen molar-refractivity contribution in [2.45, 2.75) is 13.8 Å². The fourth-order valence-corrected chi connectivity index (χ4v) is 1.41. The van der Waals surface area contributed by atoms with Gasteiger partial charge in [-0.2, -0.15) is 4.98 Å². The number of hydrogen-bond acceptors (Lipinski definition) is 3. The van der Waals surface area contributed by atoms with Crippen LogP contribution in [0.4, 0.5) is 0 Å². The smallest absolute Gasteiger partial charge is 0.239 e. The predicted molar refractivity (Wildman–Crippen MR) is 63.0 cm³/mol. The van der Waals surface area contributed by atoms with Crippen molar-refractivity contribution in [1.82, 2.24) is 9.97 Å². The lowest BCUT2D eigenvalue weighted by Crippen LogP contribution is -1.90. The molecule has 0 saturated heterocycles. The van der Waals surface area contributed by atoms with Gasteiger partial charge in [-0.25, -0.2) is 0 Å². The maximum absolute atomic E-state index is 5.71. The number of hydrogen-bond donors (Lipinski definition) is 0. The summed E-state index contributed by atoms with van der Waals surface area (Å²) in [6.07, 6.45) is 3.00. The van der Waals surface area contributed by atoms with Gasteiger partial charge in [-0.15, -0.1) is 0 Å². The maximum atomic E-state index is 5.71. The number of halogens is 1. The third-order valence-electron chi connectivity index (χ3n) is 2.28. The van der Waals surface area contributed by atoms with E-state index in [0.717, 1.165) is 5.75 Å². The lowest BCUT2D eigenvalue weighted by Gasteiger charge is -2.06. The van der Waals surface area contributed by atoms with Gasteiger partial charge in [-0.05, 0) is 37.1 Å². The third-order valence-corrected chi connectivity index (χ3v) is 2.47. The van der Waals surface area contributed by atoms with Crippen molar-refractivity contribution < 1.29 is 4.74 Å². The maximum Gasteiger partial charge on any atom is 0.239 e. The number of rotatable bonds is 2. The van der Waals surface area contributed by atoms with Crippen molar-refractivity contribution in [3.05, 3.63) is 46.9 Å². The zero-order valence-electron chi connectivity index (χ0n) is 9.07. The molecule has 3 nitrogen and oxygen atoms in total. The summed E-state index contributed by atoms with van der Waals surface area (Å²) in [6, 6.07) is 5.85. The van der Waals surface area contributed by atoms with Crippen LogP contribution in [0.25, 0.3) is 0 Å². The molecule has 0 atom stereocenters. The lowest BCUT2D eigenvalue weighted by atomic mass is 10.1. The summed E-state index contributed by atoms with van der Waals surface area (Å²) in [7, 11) is 0. The van der Waals surface area contributed by atoms with E-state index in [4.69, 9.17) is 16.3 Å². The Kier molecular flexibility index (Phi) is 3.06. The molecule has 0 spiro atoms. The van der Waals surface area contributed by atoms with E-state index in [0.29, 0.717) is 11.0 Å². The second-order valence-corrected chi connectivity index (χ2v) is 3.92. The summed E-state index contributed by atoms with van der Waals surface area (Å²) < 4.78 is 5.54. The summed E-state index contributed by atoms with van der Waals surface area (Å²) in [6.45, 7) is 4.09. The molecule has 4 heteroatoms. The molecule has 0 unspecified atom stereocenters. The Hall–Kier alpha value is -1.61. The quantitative estimate of drug-likeness (QED) is 0.797. The average molecular weight is 235 g/mol. The van der Waals surface area contributed by atoms with Crippen molar-refractivity contribution in [3.63, 3.8) is 0 Å². The van der Waals surface area contributed by atoms with Gasteiger partial charge in [-0.1, -0.05) is 17.7 Å². The molecule has 2 rings (SSSR count). The van der Waals surface area contributed by atoms with Crippen molar-refractivity contribution in [1.29, 1.82) is 0 Å². The Labute approximate surface area is 99.1 Å². The minimum Gasteiger partial charge on any atom is -0.437 e. The van der Waals surface area contributed by atoms with Gasteiger partial charge in [0.2, 0.25) is 5.88 Å². The fraction of sp³-hybridized carbons (Fsp3) is 0.167. The molecule has 1 aromatic heterocycles. The number of nitrogens with zero attached hydrogens (tertiary/aromatic N) is 2. The van der Waals surface area contributed by atoms with E-state index in [1.54, 1.807) is 0 Å². The molecule has 1 aromatic carbocycles. The van der Waals surface area contributed by atoms with Gasteiger partial charge < -0.3 is 4.74 Å². The Morgan fingerprint density at radius 1 is 1.12 bits per heavy atom. The fourth-order valence-electron chi connectivity index (χ4n) is 1.27. The molecule has 0 radical (unpaired) electrons. The third kappa shape index (κ3) is 2.49. The van der Waals surface area contributed by atoms with Crippen LogP contribution in [-0.4, -0.2) is 9.97 Å². The molecule has 2 aromatic rings. The van der Waals surface area contributed by atoms with E-state index in [1.165, 1.54) is 23.5 Å². The van der Waals surface area contributed by atoms with Crippen LogP contribution in [0.5, 0.6) is 11.6 Å². The van der Waals surface area contributed by atoms with Gasteiger partial charge in [0.05, 0.1) is 12.4 Å². The first-order chi connectivity index (χ1) is 7.65. The normalized spacial score (nSPS) is 10.2. The highest BCUT2D eigenvalue weighted by atomic mass is 35.5. The minimum absolute atomic E-state index is 0.321. The first-order valence-corrected chi connectivity index (χ1v) is 5.25. The van der Waals surface area contributed by atoms with E-state index in [2.05, 4.69) is 16.9 Å². The second kappa shape index (κ2) is 4.49. The average Bonchev–Trinajstić information content (AvgIpc) is 2.24. The Bertz CT molecular complexity index is 514. The van der Waals surface area contributed by atoms with Gasteiger partial charge in [0.1, 0.15) is 5.75 Å². The highest BCUT2D eigenvalue weighted by Gasteiger charge is 2.01. The zero-order chi connectivity index (χ0) is 11.5. The standard InChI is InChI=1S/C12H11ClN2O/c1-8-3-4-10(5-9(8)2)16-12-7-14-6-11(13)15-12/h3-7H,1-2H3. The van der Waals surface area contributed by atoms with Crippen LogP contribution in [0.15, 0.2) is 30.6 Å². The van der Waals surface area contributed by atoms with Crippen LogP contribution < -0.4 is 4.74 Å². The zero-order valence-corrected chi connectivity index (χ0v) is 9.82. The van der Waals surface area contributed by atoms with Crippen molar-refractivity contribution in [2.24, 2.45) is 0 Å². The van der Waals surface area contributed by atoms with Crippen LogP contribution in [0.2, 0.25) is 5.15 Å². The lowest BCUT2D eigenvalue weighted by molar-refractivity contribution is 0.460. The van der Waals surface area contributed by atoms with E-state index >= 15 is 0 Å². The van der Waals surface area contributed by atoms with Gasteiger partial charge in [0.25, 0.3) is 0 Å². The van der Waals surface area contributed by atoms with Gasteiger partial charge in [-0.3, -0.25) is 4.98 Å². The number of aryl methyl sites for hydroxylation is 2. The molecular weight excluding hydrogens is 224 g/mol. The molecule has 0 aliphatic rings.